The molecule has 35 heavy (non-hydrogen) atoms. The van der Waals surface area contributed by atoms with Gasteiger partial charge in [0, 0.05) is 12.3 Å². The average molecular weight is 481 g/mol. The molecule has 0 amide bonds. The molecule has 6 aliphatic carbocycles. The van der Waals surface area contributed by atoms with Gasteiger partial charge in [-0.05, 0) is 139 Å². The molecule has 198 valence electrons. The zero-order valence-electron chi connectivity index (χ0n) is 24.6. The maximum atomic E-state index is 12.7. The number of Topliss-reactive ketones (excluding diaryl/α,β-unsaturated/α-hetero) is 1. The summed E-state index contributed by atoms with van der Waals surface area (Å²) in [5.41, 5.74) is 2.88. The van der Waals surface area contributed by atoms with Gasteiger partial charge in [-0.25, -0.2) is 0 Å². The first-order chi connectivity index (χ1) is 16.2. The molecule has 0 bridgehead atoms. The summed E-state index contributed by atoms with van der Waals surface area (Å²) in [5.74, 6) is 5.23. The molecule has 0 aromatic rings. The summed E-state index contributed by atoms with van der Waals surface area (Å²) in [7, 11) is 0. The van der Waals surface area contributed by atoms with Gasteiger partial charge in [-0.3, -0.25) is 4.79 Å². The quantitative estimate of drug-likeness (QED) is 0.337. The molecule has 5 unspecified atom stereocenters. The molecule has 11 atom stereocenters. The highest BCUT2D eigenvalue weighted by molar-refractivity contribution is 5.82. The smallest absolute Gasteiger partial charge is 0.136 e. The molecular weight excluding hydrogens is 424 g/mol. The van der Waals surface area contributed by atoms with Gasteiger partial charge in [-0.2, -0.15) is 0 Å². The van der Waals surface area contributed by atoms with E-state index >= 15 is 0 Å². The van der Waals surface area contributed by atoms with Crippen LogP contribution in [0.4, 0.5) is 0 Å². The van der Waals surface area contributed by atoms with Crippen molar-refractivity contribution in [3.63, 3.8) is 0 Å². The molecule has 0 aromatic heterocycles. The molecule has 1 nitrogen and oxygen atoms in total. The largest absolute Gasteiger partial charge is 0.299 e. The molecule has 0 radical (unpaired) electrons. The minimum atomic E-state index is 0.271. The third-order valence-electron chi connectivity index (χ3n) is 15.5. The Morgan fingerprint density at radius 2 is 1.31 bits per heavy atom. The van der Waals surface area contributed by atoms with Gasteiger partial charge in [-0.1, -0.05) is 55.4 Å². The average Bonchev–Trinajstić information content (AvgIpc) is 2.79. The summed E-state index contributed by atoms with van der Waals surface area (Å²) in [6, 6.07) is 0. The van der Waals surface area contributed by atoms with Crippen molar-refractivity contribution in [3.05, 3.63) is 0 Å². The van der Waals surface area contributed by atoms with Gasteiger partial charge >= 0.3 is 0 Å². The Kier molecular flexibility index (Phi) is 5.28. The molecule has 0 N–H and O–H groups in total. The highest BCUT2D eigenvalue weighted by atomic mass is 16.1. The van der Waals surface area contributed by atoms with E-state index in [0.717, 1.165) is 36.0 Å². The topological polar surface area (TPSA) is 17.1 Å². The molecule has 0 spiro atoms. The molecule has 0 aliphatic heterocycles. The number of hydrogen-bond acceptors (Lipinski definition) is 1. The number of rotatable bonds is 0. The SMILES string of the molecule is C[C@H]1C(=O)CCC2C3C[C@]4(C)CC[C@@]5(C)C6CC(C)(C)CC[C@]6(C)CC[C@]5(C)C4CC3CC[C@@]21C. The van der Waals surface area contributed by atoms with Crippen molar-refractivity contribution in [2.24, 2.45) is 68.0 Å². The van der Waals surface area contributed by atoms with Crippen molar-refractivity contribution in [2.75, 3.05) is 0 Å². The van der Waals surface area contributed by atoms with Gasteiger partial charge in [0.15, 0.2) is 0 Å². The summed E-state index contributed by atoms with van der Waals surface area (Å²) in [6.45, 7) is 20.9. The third-order valence-corrected chi connectivity index (χ3v) is 15.5. The van der Waals surface area contributed by atoms with Crippen molar-refractivity contribution in [3.8, 4) is 0 Å². The van der Waals surface area contributed by atoms with E-state index in [9.17, 15) is 4.79 Å². The highest BCUT2D eigenvalue weighted by Crippen LogP contribution is 2.77. The summed E-state index contributed by atoms with van der Waals surface area (Å²) in [5, 5.41) is 0. The van der Waals surface area contributed by atoms with Crippen molar-refractivity contribution >= 4 is 5.78 Å². The van der Waals surface area contributed by atoms with E-state index in [1.54, 1.807) is 0 Å². The zero-order chi connectivity index (χ0) is 25.2. The monoisotopic (exact) mass is 480 g/mol. The van der Waals surface area contributed by atoms with Gasteiger partial charge in [0.2, 0.25) is 0 Å². The van der Waals surface area contributed by atoms with Crippen LogP contribution < -0.4 is 0 Å². The summed E-state index contributed by atoms with van der Waals surface area (Å²) >= 11 is 0. The molecule has 0 aromatic carbocycles. The summed E-state index contributed by atoms with van der Waals surface area (Å²) in [4.78, 5) is 12.7. The maximum Gasteiger partial charge on any atom is 0.136 e. The predicted molar refractivity (Wildman–Crippen MR) is 146 cm³/mol. The standard InChI is InChI=1S/C34H56O/c1-22-26(35)10-9-25-24-20-31(5)16-18-34(8)28-21-29(2,3)13-14-30(28,4)15-17-33(34,7)27(31)19-23(24)11-12-32(22,25)6/h22-25,27-28H,9-21H2,1-8H3/t22-,23?,24?,25?,27?,28?,30+,31-,32+,33+,34-/m0/s1. The first kappa shape index (κ1) is 25.0. The fraction of sp³-hybridized carbons (Fsp3) is 0.971. The van der Waals surface area contributed by atoms with Gasteiger partial charge in [0.05, 0.1) is 0 Å². The maximum absolute atomic E-state index is 12.7. The van der Waals surface area contributed by atoms with Crippen LogP contribution in [-0.4, -0.2) is 5.78 Å². The van der Waals surface area contributed by atoms with E-state index in [0.29, 0.717) is 32.9 Å². The predicted octanol–water partition coefficient (Wildman–Crippen LogP) is 9.48. The summed E-state index contributed by atoms with van der Waals surface area (Å²) < 4.78 is 0. The second kappa shape index (κ2) is 7.40. The Hall–Kier alpha value is -0.330. The lowest BCUT2D eigenvalue weighted by Crippen LogP contribution is -2.66. The van der Waals surface area contributed by atoms with Crippen LogP contribution in [0.5, 0.6) is 0 Å². The summed E-state index contributed by atoms with van der Waals surface area (Å²) in [6.07, 6.45) is 17.9. The Labute approximate surface area is 217 Å². The molecule has 0 saturated heterocycles. The number of fused-ring (bicyclic) bond motifs is 8. The lowest BCUT2D eigenvalue weighted by Gasteiger charge is -2.73. The minimum absolute atomic E-state index is 0.271. The second-order valence-electron chi connectivity index (χ2n) is 17.4. The van der Waals surface area contributed by atoms with E-state index in [1.807, 2.05) is 0 Å². The number of ketones is 1. The van der Waals surface area contributed by atoms with Crippen LogP contribution in [0.3, 0.4) is 0 Å². The lowest BCUT2D eigenvalue weighted by atomic mass is 9.31. The normalized spacial score (nSPS) is 59.4. The van der Waals surface area contributed by atoms with Crippen LogP contribution in [0.15, 0.2) is 0 Å². The Morgan fingerprint density at radius 3 is 2.03 bits per heavy atom. The van der Waals surface area contributed by atoms with Crippen LogP contribution in [0, 0.1) is 68.0 Å². The highest BCUT2D eigenvalue weighted by Gasteiger charge is 2.69. The number of carbonyl (C=O) groups is 1. The Morgan fingerprint density at radius 1 is 0.686 bits per heavy atom. The third kappa shape index (κ3) is 3.20. The second-order valence-corrected chi connectivity index (χ2v) is 17.4. The van der Waals surface area contributed by atoms with Gasteiger partial charge in [0.1, 0.15) is 5.78 Å². The van der Waals surface area contributed by atoms with Crippen LogP contribution in [0.25, 0.3) is 0 Å². The van der Waals surface area contributed by atoms with Gasteiger partial charge in [-0.15, -0.1) is 0 Å². The van der Waals surface area contributed by atoms with E-state index in [-0.39, 0.29) is 11.3 Å². The zero-order valence-corrected chi connectivity index (χ0v) is 24.6. The minimum Gasteiger partial charge on any atom is -0.299 e. The fourth-order valence-electron chi connectivity index (χ4n) is 12.7. The van der Waals surface area contributed by atoms with Crippen molar-refractivity contribution in [1.29, 1.82) is 0 Å². The van der Waals surface area contributed by atoms with Crippen molar-refractivity contribution < 1.29 is 4.79 Å². The van der Waals surface area contributed by atoms with Crippen LogP contribution in [-0.2, 0) is 4.79 Å². The van der Waals surface area contributed by atoms with Crippen molar-refractivity contribution in [2.45, 2.75) is 139 Å². The molecule has 0 heterocycles. The Bertz CT molecular complexity index is 902. The number of hydrogen-bond donors (Lipinski definition) is 0. The van der Waals surface area contributed by atoms with E-state index in [1.165, 1.54) is 77.0 Å². The van der Waals surface area contributed by atoms with Crippen LogP contribution in [0.1, 0.15) is 139 Å². The molecule has 1 heteroatoms. The first-order valence-electron chi connectivity index (χ1n) is 15.7. The molecule has 6 aliphatic rings. The lowest BCUT2D eigenvalue weighted by molar-refractivity contribution is -0.244. The van der Waals surface area contributed by atoms with Crippen LogP contribution in [0.2, 0.25) is 0 Å². The number of carbonyl (C=O) groups excluding carboxylic acids is 1. The van der Waals surface area contributed by atoms with Crippen molar-refractivity contribution in [1.82, 2.24) is 0 Å². The molecular formula is C34H56O. The van der Waals surface area contributed by atoms with E-state index in [4.69, 9.17) is 0 Å². The fourth-order valence-corrected chi connectivity index (χ4v) is 12.7. The molecule has 6 fully saturated rings. The van der Waals surface area contributed by atoms with Gasteiger partial charge < -0.3 is 0 Å². The first-order valence-corrected chi connectivity index (χ1v) is 15.7. The Balaban J connectivity index is 1.33. The van der Waals surface area contributed by atoms with E-state index < -0.39 is 0 Å². The van der Waals surface area contributed by atoms with Crippen LogP contribution >= 0.6 is 0 Å². The molecule has 6 saturated carbocycles. The van der Waals surface area contributed by atoms with Gasteiger partial charge in [0.25, 0.3) is 0 Å². The molecule has 6 rings (SSSR count). The van der Waals surface area contributed by atoms with E-state index in [2.05, 4.69) is 55.4 Å².